The lowest BCUT2D eigenvalue weighted by Gasteiger charge is -2.39. The van der Waals surface area contributed by atoms with Gasteiger partial charge in [0.15, 0.2) is 0 Å². The van der Waals surface area contributed by atoms with Gasteiger partial charge < -0.3 is 20.7 Å². The Morgan fingerprint density at radius 2 is 2.10 bits per heavy atom. The van der Waals surface area contributed by atoms with Crippen LogP contribution < -0.4 is 16.0 Å². The van der Waals surface area contributed by atoms with Gasteiger partial charge in [-0.3, -0.25) is 9.48 Å². The lowest BCUT2D eigenvalue weighted by atomic mass is 9.90. The molecule has 10 heteroatoms. The van der Waals surface area contributed by atoms with Crippen LogP contribution in [-0.2, 0) is 16.1 Å². The normalized spacial score (nSPS) is 17.9. The van der Waals surface area contributed by atoms with E-state index in [9.17, 15) is 9.59 Å². The molecule has 0 spiro atoms. The summed E-state index contributed by atoms with van der Waals surface area (Å²) < 4.78 is 6.94. The zero-order valence-electron chi connectivity index (χ0n) is 17.7. The molecule has 0 saturated carbocycles. The molecule has 30 heavy (non-hydrogen) atoms. The van der Waals surface area contributed by atoms with E-state index in [1.54, 1.807) is 30.4 Å². The number of hydrogen-bond acceptors (Lipinski definition) is 6. The number of benzene rings is 1. The van der Waals surface area contributed by atoms with Crippen molar-refractivity contribution in [1.29, 1.82) is 0 Å². The number of carbonyl (C=O) groups excluding carboxylic acids is 2. The van der Waals surface area contributed by atoms with Crippen LogP contribution >= 0.6 is 12.4 Å². The van der Waals surface area contributed by atoms with Crippen LogP contribution in [0, 0.1) is 0 Å². The number of amides is 2. The second-order valence-electron chi connectivity index (χ2n) is 7.55. The number of carbonyl (C=O) groups is 2. The molecule has 2 amide bonds. The van der Waals surface area contributed by atoms with Crippen LogP contribution in [0.15, 0.2) is 24.4 Å². The van der Waals surface area contributed by atoms with Gasteiger partial charge in [0.2, 0.25) is 5.91 Å². The molecule has 3 N–H and O–H groups in total. The summed E-state index contributed by atoms with van der Waals surface area (Å²) >= 11 is 0. The van der Waals surface area contributed by atoms with E-state index in [0.717, 1.165) is 16.8 Å². The van der Waals surface area contributed by atoms with E-state index < -0.39 is 6.09 Å². The predicted molar refractivity (Wildman–Crippen MR) is 116 cm³/mol. The van der Waals surface area contributed by atoms with Gasteiger partial charge in [0.25, 0.3) is 0 Å². The number of nitrogens with one attached hydrogen (secondary N) is 1. The van der Waals surface area contributed by atoms with Gasteiger partial charge in [-0.1, -0.05) is 11.3 Å². The molecule has 0 radical (unpaired) electrons. The van der Waals surface area contributed by atoms with Crippen molar-refractivity contribution in [2.45, 2.75) is 58.8 Å². The van der Waals surface area contributed by atoms with Gasteiger partial charge in [0, 0.05) is 30.8 Å². The number of alkyl carbamates (subject to hydrolysis) is 1. The Kier molecular flexibility index (Phi) is 7.80. The fraction of sp³-hybridized carbons (Fsp3) is 0.500. The molecule has 9 nitrogen and oxygen atoms in total. The van der Waals surface area contributed by atoms with Crippen molar-refractivity contribution in [1.82, 2.24) is 20.3 Å². The van der Waals surface area contributed by atoms with E-state index in [1.165, 1.54) is 0 Å². The number of nitrogens with two attached hydrogens (primary N) is 1. The van der Waals surface area contributed by atoms with Crippen molar-refractivity contribution in [2.24, 2.45) is 5.73 Å². The Morgan fingerprint density at radius 3 is 2.73 bits per heavy atom. The number of anilines is 1. The summed E-state index contributed by atoms with van der Waals surface area (Å²) in [5, 5.41) is 11.2. The minimum absolute atomic E-state index is 0. The van der Waals surface area contributed by atoms with Crippen LogP contribution in [0.25, 0.3) is 11.3 Å². The lowest BCUT2D eigenvalue weighted by Crippen LogP contribution is -2.45. The van der Waals surface area contributed by atoms with E-state index in [2.05, 4.69) is 15.6 Å². The van der Waals surface area contributed by atoms with E-state index in [0.29, 0.717) is 25.2 Å². The minimum Gasteiger partial charge on any atom is -0.447 e. The summed E-state index contributed by atoms with van der Waals surface area (Å²) in [5.41, 5.74) is 8.77. The number of hydrogen-bond donors (Lipinski definition) is 2. The molecule has 0 aliphatic carbocycles. The van der Waals surface area contributed by atoms with Crippen LogP contribution in [0.5, 0.6) is 0 Å². The molecule has 0 unspecified atom stereocenters. The number of nitrogens with zero attached hydrogens (tertiary/aromatic N) is 4. The molecular weight excluding hydrogens is 408 g/mol. The van der Waals surface area contributed by atoms with Crippen molar-refractivity contribution in [3.05, 3.63) is 30.0 Å². The Balaban J connectivity index is 0.00000320. The number of fused-ring (bicyclic) bond motifs is 1. The topological polar surface area (TPSA) is 115 Å². The monoisotopic (exact) mass is 436 g/mol. The Hall–Kier alpha value is -2.65. The fourth-order valence-electron chi connectivity index (χ4n) is 3.70. The first-order chi connectivity index (χ1) is 13.8. The summed E-state index contributed by atoms with van der Waals surface area (Å²) in [4.78, 5) is 26.2. The zero-order valence-corrected chi connectivity index (χ0v) is 18.5. The minimum atomic E-state index is -0.473. The van der Waals surface area contributed by atoms with Crippen LogP contribution in [0.2, 0.25) is 0 Å². The van der Waals surface area contributed by atoms with Gasteiger partial charge in [-0.2, -0.15) is 0 Å². The zero-order chi connectivity index (χ0) is 21.1. The third kappa shape index (κ3) is 5.09. The summed E-state index contributed by atoms with van der Waals surface area (Å²) in [6, 6.07) is 5.43. The van der Waals surface area contributed by atoms with Gasteiger partial charge in [0.05, 0.1) is 24.9 Å². The van der Waals surface area contributed by atoms with Gasteiger partial charge in [-0.25, -0.2) is 4.79 Å². The first kappa shape index (κ1) is 23.6. The summed E-state index contributed by atoms with van der Waals surface area (Å²) in [5.74, 6) is -0.0383. The average molecular weight is 437 g/mol. The first-order valence-corrected chi connectivity index (χ1v) is 9.81. The maximum absolute atomic E-state index is 12.3. The summed E-state index contributed by atoms with van der Waals surface area (Å²) in [6.45, 7) is 8.18. The van der Waals surface area contributed by atoms with Crippen LogP contribution in [0.3, 0.4) is 0 Å². The molecule has 1 aliphatic rings. The van der Waals surface area contributed by atoms with Gasteiger partial charge in [0.1, 0.15) is 5.69 Å². The second-order valence-corrected chi connectivity index (χ2v) is 7.55. The SMILES string of the molecule is CC(=O)N1c2ccc(-c3cn(CCN)nn3)cc2[C@H](NC(=O)OC(C)C)C[C@@H]1C.Cl. The molecule has 2 heterocycles. The smallest absolute Gasteiger partial charge is 0.407 e. The van der Waals surface area contributed by atoms with Gasteiger partial charge >= 0.3 is 6.09 Å². The third-order valence-electron chi connectivity index (χ3n) is 4.85. The molecule has 164 valence electrons. The molecule has 2 atom stereocenters. The maximum atomic E-state index is 12.3. The molecule has 1 aliphatic heterocycles. The highest BCUT2D eigenvalue weighted by Crippen LogP contribution is 2.39. The first-order valence-electron chi connectivity index (χ1n) is 9.81. The maximum Gasteiger partial charge on any atom is 0.407 e. The predicted octanol–water partition coefficient (Wildman–Crippen LogP) is 2.65. The molecule has 2 aromatic rings. The number of aromatic nitrogens is 3. The Morgan fingerprint density at radius 1 is 1.37 bits per heavy atom. The number of halogens is 1. The van der Waals surface area contributed by atoms with Crippen molar-refractivity contribution in [3.8, 4) is 11.3 Å². The van der Waals surface area contributed by atoms with E-state index in [4.69, 9.17) is 10.5 Å². The number of rotatable bonds is 5. The molecule has 0 bridgehead atoms. The van der Waals surface area contributed by atoms with Crippen molar-refractivity contribution >= 4 is 30.1 Å². The second kappa shape index (κ2) is 9.90. The quantitative estimate of drug-likeness (QED) is 0.744. The van der Waals surface area contributed by atoms with Crippen LogP contribution in [0.4, 0.5) is 10.5 Å². The molecular formula is C20H29ClN6O3. The average Bonchev–Trinajstić information content (AvgIpc) is 3.09. The molecule has 1 aromatic carbocycles. The molecule has 0 fully saturated rings. The highest BCUT2D eigenvalue weighted by atomic mass is 35.5. The van der Waals surface area contributed by atoms with Crippen molar-refractivity contribution in [2.75, 3.05) is 11.4 Å². The van der Waals surface area contributed by atoms with Crippen molar-refractivity contribution in [3.63, 3.8) is 0 Å². The number of ether oxygens (including phenoxy) is 1. The van der Waals surface area contributed by atoms with Crippen LogP contribution in [0.1, 0.15) is 45.7 Å². The van der Waals surface area contributed by atoms with Gasteiger partial charge in [-0.05, 0) is 44.9 Å². The molecule has 1 aromatic heterocycles. The van der Waals surface area contributed by atoms with Crippen LogP contribution in [-0.4, -0.2) is 45.7 Å². The molecule has 0 saturated heterocycles. The lowest BCUT2D eigenvalue weighted by molar-refractivity contribution is -0.117. The molecule has 3 rings (SSSR count). The van der Waals surface area contributed by atoms with Crippen molar-refractivity contribution < 1.29 is 14.3 Å². The highest BCUT2D eigenvalue weighted by Gasteiger charge is 2.34. The fourth-order valence-corrected chi connectivity index (χ4v) is 3.70. The Bertz CT molecular complexity index is 900. The van der Waals surface area contributed by atoms with Gasteiger partial charge in [-0.15, -0.1) is 17.5 Å². The Labute approximate surface area is 182 Å². The van der Waals surface area contributed by atoms with E-state index >= 15 is 0 Å². The summed E-state index contributed by atoms with van der Waals surface area (Å²) in [7, 11) is 0. The van der Waals surface area contributed by atoms with E-state index in [1.807, 2.05) is 31.3 Å². The summed E-state index contributed by atoms with van der Waals surface area (Å²) in [6.07, 6.45) is 1.73. The third-order valence-corrected chi connectivity index (χ3v) is 4.85. The van der Waals surface area contributed by atoms with E-state index in [-0.39, 0.29) is 36.5 Å². The largest absolute Gasteiger partial charge is 0.447 e. The highest BCUT2D eigenvalue weighted by molar-refractivity contribution is 5.94. The standard InChI is InChI=1S/C20H28N6O3.ClH/c1-12(2)29-20(28)22-17-9-13(3)26(14(4)27)19-6-5-15(10-16(17)19)18-11-25(8-7-21)24-23-18;/h5-6,10-13,17H,7-9,21H2,1-4H3,(H,22,28);1H/t13-,17+;/m0./s1.